The third kappa shape index (κ3) is 8.95. The van der Waals surface area contributed by atoms with E-state index in [4.69, 9.17) is 4.74 Å². The van der Waals surface area contributed by atoms with Gasteiger partial charge in [-0.15, -0.1) is 0 Å². The van der Waals surface area contributed by atoms with Gasteiger partial charge < -0.3 is 15.0 Å². The molecule has 0 unspecified atom stereocenters. The van der Waals surface area contributed by atoms with Gasteiger partial charge in [0.2, 0.25) is 11.8 Å². The zero-order valence-corrected chi connectivity index (χ0v) is 28.0. The maximum absolute atomic E-state index is 14.5. The van der Waals surface area contributed by atoms with Crippen LogP contribution >= 0.6 is 15.9 Å². The van der Waals surface area contributed by atoms with E-state index in [-0.39, 0.29) is 29.8 Å². The van der Waals surface area contributed by atoms with Crippen LogP contribution in [0, 0.1) is 0 Å². The number of sulfonamides is 1. The lowest BCUT2D eigenvalue weighted by atomic mass is 10.0. The molecule has 10 heteroatoms. The Hall–Kier alpha value is -4.15. The van der Waals surface area contributed by atoms with Gasteiger partial charge >= 0.3 is 0 Å². The number of methoxy groups -OCH3 is 1. The number of carbonyl (C=O) groups is 2. The van der Waals surface area contributed by atoms with Crippen LogP contribution in [0.1, 0.15) is 31.4 Å². The van der Waals surface area contributed by atoms with Crippen molar-refractivity contribution in [3.05, 3.63) is 125 Å². The van der Waals surface area contributed by atoms with E-state index >= 15 is 0 Å². The molecule has 236 valence electrons. The number of amides is 2. The van der Waals surface area contributed by atoms with Crippen molar-refractivity contribution in [2.45, 2.75) is 50.2 Å². The lowest BCUT2D eigenvalue weighted by Crippen LogP contribution is -2.54. The Bertz CT molecular complexity index is 1670. The highest BCUT2D eigenvalue weighted by molar-refractivity contribution is 9.10. The zero-order chi connectivity index (χ0) is 32.4. The summed E-state index contributed by atoms with van der Waals surface area (Å²) in [5.74, 6) is -0.285. The Balaban J connectivity index is 1.80. The first-order valence-corrected chi connectivity index (χ1v) is 17.0. The molecule has 8 nitrogen and oxygen atoms in total. The molecule has 4 aromatic carbocycles. The first-order valence-electron chi connectivity index (χ1n) is 14.7. The van der Waals surface area contributed by atoms with Crippen molar-refractivity contribution >= 4 is 43.5 Å². The predicted octanol–water partition coefficient (Wildman–Crippen LogP) is 6.21. The molecule has 0 aromatic heterocycles. The molecule has 0 saturated carbocycles. The summed E-state index contributed by atoms with van der Waals surface area (Å²) >= 11 is 3.51. The number of ether oxygens (including phenoxy) is 1. The van der Waals surface area contributed by atoms with Crippen molar-refractivity contribution in [2.24, 2.45) is 0 Å². The number of hydrogen-bond acceptors (Lipinski definition) is 5. The van der Waals surface area contributed by atoms with Crippen LogP contribution in [0.25, 0.3) is 0 Å². The summed E-state index contributed by atoms with van der Waals surface area (Å²) in [4.78, 5) is 30.0. The fourth-order valence-corrected chi connectivity index (χ4v) is 6.71. The molecule has 0 radical (unpaired) electrons. The molecule has 4 aromatic rings. The van der Waals surface area contributed by atoms with E-state index < -0.39 is 28.5 Å². The zero-order valence-electron chi connectivity index (χ0n) is 25.6. The fraction of sp³-hybridized carbons (Fsp3) is 0.257. The average Bonchev–Trinajstić information content (AvgIpc) is 3.06. The number of nitrogens with one attached hydrogen (secondary N) is 1. The van der Waals surface area contributed by atoms with E-state index in [1.54, 1.807) is 42.5 Å². The molecule has 0 fully saturated rings. The minimum absolute atomic E-state index is 0.0440. The highest BCUT2D eigenvalue weighted by atomic mass is 79.9. The number of benzene rings is 4. The number of halogens is 1. The Kier molecular flexibility index (Phi) is 11.8. The van der Waals surface area contributed by atoms with E-state index in [1.807, 2.05) is 68.4 Å². The second-order valence-electron chi connectivity index (χ2n) is 10.7. The molecule has 0 heterocycles. The van der Waals surface area contributed by atoms with Crippen molar-refractivity contribution in [1.29, 1.82) is 0 Å². The van der Waals surface area contributed by atoms with Crippen molar-refractivity contribution in [3.63, 3.8) is 0 Å². The first-order chi connectivity index (χ1) is 21.6. The SMILES string of the molecule is CC[C@@H](C)NC(=O)[C@H](Cc1ccccc1)N(Cc1cccc(Br)c1)C(=O)CN(c1ccc(OC)cc1)S(=O)(=O)c1ccccc1. The van der Waals surface area contributed by atoms with Crippen molar-refractivity contribution in [1.82, 2.24) is 10.2 Å². The highest BCUT2D eigenvalue weighted by Gasteiger charge is 2.35. The van der Waals surface area contributed by atoms with Gasteiger partial charge in [-0.3, -0.25) is 13.9 Å². The quantitative estimate of drug-likeness (QED) is 0.170. The summed E-state index contributed by atoms with van der Waals surface area (Å²) in [5, 5.41) is 3.05. The fourth-order valence-electron chi connectivity index (χ4n) is 4.82. The summed E-state index contributed by atoms with van der Waals surface area (Å²) in [6, 6.07) is 30.4. The molecule has 2 atom stereocenters. The second kappa shape index (κ2) is 15.7. The molecular formula is C35H38BrN3O5S. The van der Waals surface area contributed by atoms with Crippen LogP contribution in [0.3, 0.4) is 0 Å². The van der Waals surface area contributed by atoms with Gasteiger partial charge in [0.15, 0.2) is 0 Å². The Morgan fingerprint density at radius 2 is 1.49 bits per heavy atom. The van der Waals surface area contributed by atoms with E-state index in [1.165, 1.54) is 24.1 Å². The lowest BCUT2D eigenvalue weighted by molar-refractivity contribution is -0.140. The van der Waals surface area contributed by atoms with Gasteiger partial charge in [0.1, 0.15) is 18.3 Å². The van der Waals surface area contributed by atoms with Gasteiger partial charge in [0, 0.05) is 23.5 Å². The highest BCUT2D eigenvalue weighted by Crippen LogP contribution is 2.27. The summed E-state index contributed by atoms with van der Waals surface area (Å²) in [6.07, 6.45) is 0.959. The maximum atomic E-state index is 14.5. The molecule has 0 aliphatic rings. The number of rotatable bonds is 14. The van der Waals surface area contributed by atoms with Crippen LogP contribution in [-0.2, 0) is 32.6 Å². The maximum Gasteiger partial charge on any atom is 0.264 e. The number of nitrogens with zero attached hydrogens (tertiary/aromatic N) is 2. The number of carbonyl (C=O) groups excluding carboxylic acids is 2. The molecule has 0 aliphatic carbocycles. The minimum atomic E-state index is -4.17. The van der Waals surface area contributed by atoms with E-state index in [2.05, 4.69) is 21.2 Å². The minimum Gasteiger partial charge on any atom is -0.497 e. The van der Waals surface area contributed by atoms with Crippen LogP contribution in [0.4, 0.5) is 5.69 Å². The van der Waals surface area contributed by atoms with Gasteiger partial charge in [-0.1, -0.05) is 83.5 Å². The third-order valence-electron chi connectivity index (χ3n) is 7.48. The molecule has 45 heavy (non-hydrogen) atoms. The van der Waals surface area contributed by atoms with E-state index in [0.29, 0.717) is 17.9 Å². The van der Waals surface area contributed by atoms with Crippen LogP contribution in [0.2, 0.25) is 0 Å². The van der Waals surface area contributed by atoms with Gasteiger partial charge in [-0.05, 0) is 73.0 Å². The summed E-state index contributed by atoms with van der Waals surface area (Å²) in [7, 11) is -2.65. The molecule has 1 N–H and O–H groups in total. The lowest BCUT2D eigenvalue weighted by Gasteiger charge is -2.34. The molecule has 2 amide bonds. The Labute approximate surface area is 274 Å². The Morgan fingerprint density at radius 1 is 0.867 bits per heavy atom. The van der Waals surface area contributed by atoms with Gasteiger partial charge in [0.25, 0.3) is 10.0 Å². The second-order valence-corrected chi connectivity index (χ2v) is 13.5. The first kappa shape index (κ1) is 33.7. The van der Waals surface area contributed by atoms with Crippen molar-refractivity contribution in [2.75, 3.05) is 18.0 Å². The number of anilines is 1. The van der Waals surface area contributed by atoms with Gasteiger partial charge in [-0.2, -0.15) is 0 Å². The van der Waals surface area contributed by atoms with Crippen molar-refractivity contribution in [3.8, 4) is 5.75 Å². The van der Waals surface area contributed by atoms with Crippen LogP contribution < -0.4 is 14.4 Å². The molecule has 4 rings (SSSR count). The van der Waals surface area contributed by atoms with Crippen molar-refractivity contribution < 1.29 is 22.7 Å². The van der Waals surface area contributed by atoms with Crippen LogP contribution in [0.5, 0.6) is 5.75 Å². The normalized spacial score (nSPS) is 12.5. The van der Waals surface area contributed by atoms with E-state index in [0.717, 1.165) is 19.9 Å². The smallest absolute Gasteiger partial charge is 0.264 e. The predicted molar refractivity (Wildman–Crippen MR) is 180 cm³/mol. The molecular weight excluding hydrogens is 654 g/mol. The largest absolute Gasteiger partial charge is 0.497 e. The van der Waals surface area contributed by atoms with Gasteiger partial charge in [0.05, 0.1) is 17.7 Å². The van der Waals surface area contributed by atoms with Gasteiger partial charge in [-0.25, -0.2) is 8.42 Å². The number of hydrogen-bond donors (Lipinski definition) is 1. The van der Waals surface area contributed by atoms with Crippen LogP contribution in [0.15, 0.2) is 119 Å². The monoisotopic (exact) mass is 691 g/mol. The molecule has 0 spiro atoms. The Morgan fingerprint density at radius 3 is 2.09 bits per heavy atom. The van der Waals surface area contributed by atoms with Crippen LogP contribution in [-0.4, -0.2) is 50.9 Å². The van der Waals surface area contributed by atoms with E-state index in [9.17, 15) is 18.0 Å². The molecule has 0 saturated heterocycles. The molecule has 0 aliphatic heterocycles. The third-order valence-corrected chi connectivity index (χ3v) is 9.77. The summed E-state index contributed by atoms with van der Waals surface area (Å²) in [5.41, 5.74) is 1.95. The summed E-state index contributed by atoms with van der Waals surface area (Å²) in [6.45, 7) is 3.45. The topological polar surface area (TPSA) is 96.0 Å². The standard InChI is InChI=1S/C35H38BrN3O5S/c1-4-26(2)37-35(41)33(23-27-12-7-5-8-13-27)38(24-28-14-11-15-29(36)22-28)34(40)25-39(30-18-20-31(44-3)21-19-30)45(42,43)32-16-9-6-10-17-32/h5-22,26,33H,4,23-25H2,1-3H3,(H,37,41)/t26-,33+/m1/s1. The molecule has 0 bridgehead atoms. The average molecular weight is 693 g/mol. The summed E-state index contributed by atoms with van der Waals surface area (Å²) < 4.78 is 35.3.